The fourth-order valence-corrected chi connectivity index (χ4v) is 3.48. The van der Waals surface area contributed by atoms with E-state index >= 15 is 0 Å². The molecule has 0 aliphatic heterocycles. The van der Waals surface area contributed by atoms with Crippen molar-refractivity contribution in [3.05, 3.63) is 18.2 Å². The summed E-state index contributed by atoms with van der Waals surface area (Å²) in [6.45, 7) is 0. The van der Waals surface area contributed by atoms with Crippen molar-refractivity contribution < 1.29 is 4.42 Å². The number of hydrogen-bond donors (Lipinski definition) is 1. The number of nitrogens with two attached hydrogens (primary N) is 1. The van der Waals surface area contributed by atoms with E-state index in [4.69, 9.17) is 10.2 Å². The van der Waals surface area contributed by atoms with E-state index in [1.807, 2.05) is 22.9 Å². The largest absolute Gasteiger partial charge is 0.431 e. The van der Waals surface area contributed by atoms with Gasteiger partial charge in [-0.1, -0.05) is 18.9 Å². The number of benzene rings is 1. The van der Waals surface area contributed by atoms with Crippen LogP contribution in [0.4, 0.5) is 5.69 Å². The van der Waals surface area contributed by atoms with Crippen LogP contribution in [0.1, 0.15) is 31.7 Å². The predicted molar refractivity (Wildman–Crippen MR) is 77.9 cm³/mol. The zero-order valence-electron chi connectivity index (χ0n) is 11.3. The Labute approximate surface area is 124 Å². The quantitative estimate of drug-likeness (QED) is 0.743. The molecule has 1 aromatic carbocycles. The second kappa shape index (κ2) is 5.03. The molecule has 0 spiro atoms. The molecule has 0 atom stereocenters. The molecule has 1 aliphatic rings. The standard InChI is InChI=1S/C13H14N6OS/c14-9-6-3-7-10-11(9)15-13(20-10)21-12-16-17-18-19(12)8-4-1-2-5-8/h3,6-8H,1-2,4-5,14H2. The van der Waals surface area contributed by atoms with Crippen LogP contribution in [0.25, 0.3) is 11.1 Å². The molecular weight excluding hydrogens is 288 g/mol. The molecule has 108 valence electrons. The number of tetrazole rings is 1. The number of nitrogens with zero attached hydrogens (tertiary/aromatic N) is 5. The molecule has 8 heteroatoms. The third kappa shape index (κ3) is 2.25. The van der Waals surface area contributed by atoms with Crippen molar-refractivity contribution in [3.8, 4) is 0 Å². The van der Waals surface area contributed by atoms with Crippen molar-refractivity contribution in [2.75, 3.05) is 5.73 Å². The third-order valence-corrected chi connectivity index (χ3v) is 4.54. The van der Waals surface area contributed by atoms with Crippen LogP contribution in [0.2, 0.25) is 0 Å². The molecule has 0 radical (unpaired) electrons. The molecule has 1 aliphatic carbocycles. The van der Waals surface area contributed by atoms with Gasteiger partial charge < -0.3 is 10.2 Å². The molecule has 2 aromatic heterocycles. The van der Waals surface area contributed by atoms with Crippen LogP contribution in [0, 0.1) is 0 Å². The minimum atomic E-state index is 0.386. The fourth-order valence-electron chi connectivity index (χ4n) is 2.70. The Hall–Kier alpha value is -2.09. The van der Waals surface area contributed by atoms with E-state index in [0.717, 1.165) is 12.8 Å². The van der Waals surface area contributed by atoms with Crippen molar-refractivity contribution in [1.82, 2.24) is 25.2 Å². The van der Waals surface area contributed by atoms with Crippen LogP contribution in [0.15, 0.2) is 33.0 Å². The van der Waals surface area contributed by atoms with Crippen LogP contribution < -0.4 is 5.73 Å². The predicted octanol–water partition coefficient (Wildman–Crippen LogP) is 2.66. The van der Waals surface area contributed by atoms with Crippen molar-refractivity contribution in [1.29, 1.82) is 0 Å². The van der Waals surface area contributed by atoms with Crippen LogP contribution in [-0.2, 0) is 0 Å². The van der Waals surface area contributed by atoms with E-state index in [0.29, 0.717) is 33.2 Å². The van der Waals surface area contributed by atoms with E-state index in [9.17, 15) is 0 Å². The average Bonchev–Trinajstić information content (AvgIpc) is 3.17. The number of para-hydroxylation sites is 1. The average molecular weight is 302 g/mol. The molecule has 7 nitrogen and oxygen atoms in total. The highest BCUT2D eigenvalue weighted by atomic mass is 32.2. The minimum Gasteiger partial charge on any atom is -0.431 e. The first-order valence-corrected chi connectivity index (χ1v) is 7.73. The summed E-state index contributed by atoms with van der Waals surface area (Å²) in [7, 11) is 0. The molecule has 4 rings (SSSR count). The summed E-state index contributed by atoms with van der Waals surface area (Å²) in [6, 6.07) is 5.89. The van der Waals surface area contributed by atoms with Crippen LogP contribution in [0.5, 0.6) is 0 Å². The highest BCUT2D eigenvalue weighted by Crippen LogP contribution is 2.35. The maximum atomic E-state index is 5.90. The molecule has 0 amide bonds. The number of aromatic nitrogens is 5. The summed E-state index contributed by atoms with van der Waals surface area (Å²) in [5.74, 6) is 0. The first-order chi connectivity index (χ1) is 10.3. The number of oxazole rings is 1. The fraction of sp³-hybridized carbons (Fsp3) is 0.385. The second-order valence-electron chi connectivity index (χ2n) is 5.12. The number of nitrogen functional groups attached to an aromatic ring is 1. The van der Waals surface area contributed by atoms with Gasteiger partial charge in [-0.2, -0.15) is 0 Å². The third-order valence-electron chi connectivity index (χ3n) is 3.74. The highest BCUT2D eigenvalue weighted by molar-refractivity contribution is 7.99. The lowest BCUT2D eigenvalue weighted by Crippen LogP contribution is -2.08. The summed E-state index contributed by atoms with van der Waals surface area (Å²) >= 11 is 1.34. The number of hydrogen-bond acceptors (Lipinski definition) is 7. The van der Waals surface area contributed by atoms with E-state index < -0.39 is 0 Å². The molecule has 0 bridgehead atoms. The summed E-state index contributed by atoms with van der Waals surface area (Å²) in [6.07, 6.45) is 4.71. The van der Waals surface area contributed by atoms with E-state index in [1.165, 1.54) is 24.6 Å². The Morgan fingerprint density at radius 2 is 2.14 bits per heavy atom. The SMILES string of the molecule is Nc1cccc2oc(Sc3nnnn3C3CCCC3)nc12. The summed E-state index contributed by atoms with van der Waals surface area (Å²) in [4.78, 5) is 4.42. The van der Waals surface area contributed by atoms with Gasteiger partial charge >= 0.3 is 0 Å². The van der Waals surface area contributed by atoms with Gasteiger partial charge in [0.15, 0.2) is 5.58 Å². The van der Waals surface area contributed by atoms with Crippen LogP contribution in [0.3, 0.4) is 0 Å². The van der Waals surface area contributed by atoms with Crippen molar-refractivity contribution in [2.45, 2.75) is 42.1 Å². The Morgan fingerprint density at radius 3 is 2.95 bits per heavy atom. The van der Waals surface area contributed by atoms with E-state index in [-0.39, 0.29) is 0 Å². The van der Waals surface area contributed by atoms with Gasteiger partial charge in [-0.05, 0) is 35.4 Å². The molecule has 0 unspecified atom stereocenters. The van der Waals surface area contributed by atoms with Gasteiger partial charge in [-0.25, -0.2) is 9.67 Å². The molecule has 3 aromatic rings. The molecule has 1 saturated carbocycles. The molecule has 21 heavy (non-hydrogen) atoms. The van der Waals surface area contributed by atoms with Crippen molar-refractivity contribution >= 4 is 28.5 Å². The first kappa shape index (κ1) is 12.6. The Balaban J connectivity index is 1.65. The Morgan fingerprint density at radius 1 is 1.29 bits per heavy atom. The molecule has 2 heterocycles. The minimum absolute atomic E-state index is 0.386. The van der Waals surface area contributed by atoms with Gasteiger partial charge in [-0.15, -0.1) is 5.10 Å². The Kier molecular flexibility index (Phi) is 3.03. The maximum Gasteiger partial charge on any atom is 0.264 e. The molecule has 0 saturated heterocycles. The lowest BCUT2D eigenvalue weighted by atomic mass is 10.3. The number of anilines is 1. The lowest BCUT2D eigenvalue weighted by Gasteiger charge is -2.09. The number of rotatable bonds is 3. The zero-order valence-corrected chi connectivity index (χ0v) is 12.1. The van der Waals surface area contributed by atoms with E-state index in [1.54, 1.807) is 0 Å². The van der Waals surface area contributed by atoms with Gasteiger partial charge in [-0.3, -0.25) is 0 Å². The van der Waals surface area contributed by atoms with Gasteiger partial charge in [0, 0.05) is 11.8 Å². The molecule has 1 fully saturated rings. The smallest absolute Gasteiger partial charge is 0.264 e. The molecular formula is C13H14N6OS. The monoisotopic (exact) mass is 302 g/mol. The van der Waals surface area contributed by atoms with Gasteiger partial charge in [0.25, 0.3) is 5.22 Å². The summed E-state index contributed by atoms with van der Waals surface area (Å²) in [5.41, 5.74) is 7.86. The normalized spacial score (nSPS) is 16.0. The highest BCUT2D eigenvalue weighted by Gasteiger charge is 2.23. The van der Waals surface area contributed by atoms with Crippen LogP contribution >= 0.6 is 11.8 Å². The zero-order chi connectivity index (χ0) is 14.2. The summed E-state index contributed by atoms with van der Waals surface area (Å²) in [5, 5.41) is 13.2. The van der Waals surface area contributed by atoms with Crippen LogP contribution in [-0.4, -0.2) is 25.2 Å². The van der Waals surface area contributed by atoms with Gasteiger partial charge in [0.1, 0.15) is 5.52 Å². The van der Waals surface area contributed by atoms with E-state index in [2.05, 4.69) is 20.5 Å². The van der Waals surface area contributed by atoms with Crippen molar-refractivity contribution in [3.63, 3.8) is 0 Å². The van der Waals surface area contributed by atoms with Gasteiger partial charge in [0.2, 0.25) is 5.16 Å². The first-order valence-electron chi connectivity index (χ1n) is 6.92. The molecule has 2 N–H and O–H groups in total. The second-order valence-corrected chi connectivity index (χ2v) is 6.04. The lowest BCUT2D eigenvalue weighted by molar-refractivity contribution is 0.420. The maximum absolute atomic E-state index is 5.90. The topological polar surface area (TPSA) is 95.6 Å². The summed E-state index contributed by atoms with van der Waals surface area (Å²) < 4.78 is 7.59. The van der Waals surface area contributed by atoms with Crippen molar-refractivity contribution in [2.24, 2.45) is 0 Å². The van der Waals surface area contributed by atoms with Gasteiger partial charge in [0.05, 0.1) is 11.7 Å². The Bertz CT molecular complexity index is 776. The number of fused-ring (bicyclic) bond motifs is 1.